The molecule has 2 rings (SSSR count). The number of nitrogens with one attached hydrogen (secondary N) is 1. The second-order valence-corrected chi connectivity index (χ2v) is 6.17. The Labute approximate surface area is 126 Å². The van der Waals surface area contributed by atoms with Crippen molar-refractivity contribution in [2.75, 3.05) is 23.3 Å². The number of hydrogen-bond acceptors (Lipinski definition) is 4. The summed E-state index contributed by atoms with van der Waals surface area (Å²) >= 11 is 0. The zero-order valence-electron chi connectivity index (χ0n) is 13.3. The van der Waals surface area contributed by atoms with Gasteiger partial charge >= 0.3 is 5.69 Å². The van der Waals surface area contributed by atoms with Crippen molar-refractivity contribution in [3.8, 4) is 0 Å². The summed E-state index contributed by atoms with van der Waals surface area (Å²) in [4.78, 5) is 13.5. The molecule has 0 bridgehead atoms. The van der Waals surface area contributed by atoms with Crippen LogP contribution < -0.4 is 10.2 Å². The number of nitrogens with zero attached hydrogens (tertiary/aromatic N) is 2. The number of hydrogen-bond donors (Lipinski definition) is 1. The van der Waals surface area contributed by atoms with Gasteiger partial charge in [0.1, 0.15) is 11.4 Å². The van der Waals surface area contributed by atoms with E-state index < -0.39 is 0 Å². The molecule has 1 aromatic carbocycles. The highest BCUT2D eigenvalue weighted by Crippen LogP contribution is 2.40. The molecule has 3 unspecified atom stereocenters. The minimum absolute atomic E-state index is 0.201. The van der Waals surface area contributed by atoms with Crippen molar-refractivity contribution in [2.24, 2.45) is 11.8 Å². The Morgan fingerprint density at radius 1 is 1.38 bits per heavy atom. The summed E-state index contributed by atoms with van der Waals surface area (Å²) in [6, 6.07) is 5.88. The fraction of sp³-hybridized carbons (Fsp3) is 0.625. The summed E-state index contributed by atoms with van der Waals surface area (Å²) in [6.45, 7) is 10.1. The quantitative estimate of drug-likeness (QED) is 0.675. The van der Waals surface area contributed by atoms with Crippen LogP contribution in [0, 0.1) is 22.0 Å². The second kappa shape index (κ2) is 6.33. The summed E-state index contributed by atoms with van der Waals surface area (Å²) in [5.41, 5.74) is 1.55. The summed E-state index contributed by atoms with van der Waals surface area (Å²) in [5.74, 6) is 1.09. The van der Waals surface area contributed by atoms with Gasteiger partial charge in [0, 0.05) is 19.1 Å². The van der Waals surface area contributed by atoms with E-state index in [1.54, 1.807) is 6.07 Å². The number of nitro benzene ring substituents is 1. The first kappa shape index (κ1) is 15.6. The fourth-order valence-electron chi connectivity index (χ4n) is 3.32. The van der Waals surface area contributed by atoms with Crippen LogP contribution in [0.2, 0.25) is 0 Å². The highest BCUT2D eigenvalue weighted by molar-refractivity contribution is 5.77. The molecule has 1 aliphatic heterocycles. The number of piperidine rings is 1. The van der Waals surface area contributed by atoms with Crippen LogP contribution in [0.1, 0.15) is 34.1 Å². The Morgan fingerprint density at radius 3 is 2.71 bits per heavy atom. The van der Waals surface area contributed by atoms with Crippen molar-refractivity contribution >= 4 is 17.1 Å². The van der Waals surface area contributed by atoms with Crippen molar-refractivity contribution in [1.29, 1.82) is 0 Å². The predicted molar refractivity (Wildman–Crippen MR) is 87.0 cm³/mol. The zero-order valence-corrected chi connectivity index (χ0v) is 13.3. The lowest BCUT2D eigenvalue weighted by Gasteiger charge is -2.42. The lowest BCUT2D eigenvalue weighted by molar-refractivity contribution is -0.383. The third-order valence-electron chi connectivity index (χ3n) is 4.47. The maximum absolute atomic E-state index is 11.6. The van der Waals surface area contributed by atoms with E-state index in [0.29, 0.717) is 30.1 Å². The number of rotatable bonds is 4. The third kappa shape index (κ3) is 3.12. The Balaban J connectivity index is 2.47. The molecule has 5 heteroatoms. The Bertz CT molecular complexity index is 518. The lowest BCUT2D eigenvalue weighted by Crippen LogP contribution is -2.46. The van der Waals surface area contributed by atoms with Gasteiger partial charge in [0.25, 0.3) is 0 Å². The minimum atomic E-state index is -0.260. The second-order valence-electron chi connectivity index (χ2n) is 6.17. The summed E-state index contributed by atoms with van der Waals surface area (Å²) < 4.78 is 0. The predicted octanol–water partition coefficient (Wildman–Crippen LogP) is 3.90. The first-order valence-electron chi connectivity index (χ1n) is 7.73. The van der Waals surface area contributed by atoms with Crippen molar-refractivity contribution < 1.29 is 4.92 Å². The maximum atomic E-state index is 11.6. The van der Waals surface area contributed by atoms with Gasteiger partial charge in [-0.2, -0.15) is 0 Å². The molecule has 1 aromatic rings. The molecule has 1 heterocycles. The molecule has 1 aliphatic rings. The molecule has 0 aliphatic carbocycles. The number of benzene rings is 1. The fourth-order valence-corrected chi connectivity index (χ4v) is 3.32. The van der Waals surface area contributed by atoms with Crippen LogP contribution in [0.4, 0.5) is 17.1 Å². The molecule has 1 saturated heterocycles. The average Bonchev–Trinajstić information content (AvgIpc) is 2.42. The topological polar surface area (TPSA) is 58.4 Å². The molecule has 5 nitrogen and oxygen atoms in total. The molecule has 1 N–H and O–H groups in total. The number of anilines is 2. The average molecular weight is 291 g/mol. The van der Waals surface area contributed by atoms with Crippen LogP contribution in [0.5, 0.6) is 0 Å². The van der Waals surface area contributed by atoms with Gasteiger partial charge in [0.2, 0.25) is 0 Å². The van der Waals surface area contributed by atoms with E-state index in [-0.39, 0.29) is 10.6 Å². The van der Waals surface area contributed by atoms with Gasteiger partial charge in [-0.1, -0.05) is 19.9 Å². The number of nitro groups is 1. The van der Waals surface area contributed by atoms with Crippen molar-refractivity contribution in [3.63, 3.8) is 0 Å². The van der Waals surface area contributed by atoms with E-state index in [9.17, 15) is 10.1 Å². The minimum Gasteiger partial charge on any atom is -0.380 e. The van der Waals surface area contributed by atoms with Gasteiger partial charge in [0.15, 0.2) is 0 Å². The normalized spacial score (nSPS) is 25.7. The zero-order chi connectivity index (χ0) is 15.6. The molecule has 3 atom stereocenters. The highest BCUT2D eigenvalue weighted by Gasteiger charge is 2.33. The van der Waals surface area contributed by atoms with Crippen LogP contribution in [-0.2, 0) is 0 Å². The monoisotopic (exact) mass is 291 g/mol. The van der Waals surface area contributed by atoms with E-state index in [1.165, 1.54) is 6.42 Å². The molecule has 0 saturated carbocycles. The number of para-hydroxylation sites is 1. The van der Waals surface area contributed by atoms with Crippen molar-refractivity contribution in [3.05, 3.63) is 28.3 Å². The standard InChI is InChI=1S/C16H25N3O2/c1-5-17-14-7-6-8-15(16(14)19(20)21)18-10-11(2)9-12(3)13(18)4/h6-8,11-13,17H,5,9-10H2,1-4H3. The van der Waals surface area contributed by atoms with Gasteiger partial charge in [-0.3, -0.25) is 10.1 Å². The van der Waals surface area contributed by atoms with E-state index in [4.69, 9.17) is 0 Å². The van der Waals surface area contributed by atoms with Gasteiger partial charge in [-0.05, 0) is 44.2 Å². The molecular formula is C16H25N3O2. The maximum Gasteiger partial charge on any atom is 0.315 e. The SMILES string of the molecule is CCNc1cccc(N2CC(C)CC(C)C2C)c1[N+](=O)[O-]. The van der Waals surface area contributed by atoms with Crippen LogP contribution in [0.3, 0.4) is 0 Å². The van der Waals surface area contributed by atoms with E-state index in [2.05, 4.69) is 31.0 Å². The largest absolute Gasteiger partial charge is 0.380 e. The summed E-state index contributed by atoms with van der Waals surface area (Å²) in [5, 5.41) is 14.7. The van der Waals surface area contributed by atoms with Crippen LogP contribution in [0.15, 0.2) is 18.2 Å². The third-order valence-corrected chi connectivity index (χ3v) is 4.47. The van der Waals surface area contributed by atoms with Crippen LogP contribution in [-0.4, -0.2) is 24.1 Å². The van der Waals surface area contributed by atoms with E-state index in [0.717, 1.165) is 12.2 Å². The first-order valence-corrected chi connectivity index (χ1v) is 7.73. The molecule has 1 fully saturated rings. The van der Waals surface area contributed by atoms with Gasteiger partial charge in [-0.25, -0.2) is 0 Å². The van der Waals surface area contributed by atoms with Crippen molar-refractivity contribution in [2.45, 2.75) is 40.2 Å². The van der Waals surface area contributed by atoms with Crippen LogP contribution in [0.25, 0.3) is 0 Å². The molecule has 0 amide bonds. The summed E-state index contributed by atoms with van der Waals surface area (Å²) in [6.07, 6.45) is 1.18. The molecule has 0 spiro atoms. The highest BCUT2D eigenvalue weighted by atomic mass is 16.6. The Hall–Kier alpha value is -1.78. The Kier molecular flexibility index (Phi) is 4.70. The smallest absolute Gasteiger partial charge is 0.315 e. The summed E-state index contributed by atoms with van der Waals surface area (Å²) in [7, 11) is 0. The molecule has 116 valence electrons. The Morgan fingerprint density at radius 2 is 2.10 bits per heavy atom. The molecular weight excluding hydrogens is 266 g/mol. The van der Waals surface area contributed by atoms with Gasteiger partial charge < -0.3 is 10.2 Å². The van der Waals surface area contributed by atoms with E-state index >= 15 is 0 Å². The van der Waals surface area contributed by atoms with Crippen LogP contribution >= 0.6 is 0 Å². The first-order chi connectivity index (χ1) is 9.95. The lowest BCUT2D eigenvalue weighted by atomic mass is 9.85. The molecule has 21 heavy (non-hydrogen) atoms. The van der Waals surface area contributed by atoms with Gasteiger partial charge in [0.05, 0.1) is 4.92 Å². The van der Waals surface area contributed by atoms with E-state index in [1.807, 2.05) is 19.1 Å². The molecule has 0 aromatic heterocycles. The van der Waals surface area contributed by atoms with Crippen molar-refractivity contribution in [1.82, 2.24) is 0 Å². The van der Waals surface area contributed by atoms with Gasteiger partial charge in [-0.15, -0.1) is 0 Å². The molecule has 0 radical (unpaired) electrons.